The topological polar surface area (TPSA) is 30.5 Å². The minimum atomic E-state index is 0.189. The predicted octanol–water partition coefficient (Wildman–Crippen LogP) is 4.19. The first-order chi connectivity index (χ1) is 10.1. The molecule has 1 aromatic rings. The summed E-state index contributed by atoms with van der Waals surface area (Å²) in [4.78, 5) is 0. The van der Waals surface area contributed by atoms with Crippen molar-refractivity contribution in [2.24, 2.45) is 5.92 Å². The van der Waals surface area contributed by atoms with Crippen molar-refractivity contribution < 1.29 is 9.47 Å². The molecule has 3 nitrogen and oxygen atoms in total. The quantitative estimate of drug-likeness (QED) is 0.702. The first-order valence-electron chi connectivity index (χ1n) is 8.06. The molecule has 2 atom stereocenters. The van der Waals surface area contributed by atoms with Crippen LogP contribution in [0.2, 0.25) is 0 Å². The van der Waals surface area contributed by atoms with Crippen molar-refractivity contribution in [1.82, 2.24) is 5.32 Å². The minimum absolute atomic E-state index is 0.189. The van der Waals surface area contributed by atoms with Gasteiger partial charge >= 0.3 is 0 Å². The van der Waals surface area contributed by atoms with Crippen molar-refractivity contribution in [3.8, 4) is 5.75 Å². The van der Waals surface area contributed by atoms with Crippen LogP contribution in [-0.2, 0) is 4.74 Å². The predicted molar refractivity (Wildman–Crippen MR) is 88.9 cm³/mol. The van der Waals surface area contributed by atoms with Crippen LogP contribution in [-0.4, -0.2) is 26.4 Å². The Morgan fingerprint density at radius 2 is 1.86 bits per heavy atom. The van der Waals surface area contributed by atoms with Crippen LogP contribution in [0.5, 0.6) is 5.75 Å². The normalized spacial score (nSPS) is 14.2. The molecule has 0 bridgehead atoms. The lowest BCUT2D eigenvalue weighted by Gasteiger charge is -2.25. The Labute approximate surface area is 130 Å². The fourth-order valence-corrected chi connectivity index (χ4v) is 2.52. The summed E-state index contributed by atoms with van der Waals surface area (Å²) in [5, 5.41) is 3.65. The fraction of sp³-hybridized carbons (Fsp3) is 0.667. The maximum atomic E-state index is 5.98. The zero-order valence-corrected chi connectivity index (χ0v) is 14.2. The van der Waals surface area contributed by atoms with E-state index in [1.54, 1.807) is 7.11 Å². The smallest absolute Gasteiger partial charge is 0.124 e. The molecule has 21 heavy (non-hydrogen) atoms. The van der Waals surface area contributed by atoms with Crippen molar-refractivity contribution >= 4 is 0 Å². The standard InChI is InChI=1S/C18H31NO2/c1-6-11-19-17(12-15(4)13-20-5)16-9-7-8-10-18(16)21-14(2)3/h7-10,14-15,17,19H,6,11-13H2,1-5H3. The van der Waals surface area contributed by atoms with E-state index in [1.807, 2.05) is 6.07 Å². The number of ether oxygens (including phenoxy) is 2. The van der Waals surface area contributed by atoms with Gasteiger partial charge < -0.3 is 14.8 Å². The minimum Gasteiger partial charge on any atom is -0.491 e. The van der Waals surface area contributed by atoms with Crippen LogP contribution in [0.15, 0.2) is 24.3 Å². The van der Waals surface area contributed by atoms with E-state index in [1.165, 1.54) is 5.56 Å². The highest BCUT2D eigenvalue weighted by Gasteiger charge is 2.18. The van der Waals surface area contributed by atoms with E-state index in [0.717, 1.165) is 31.7 Å². The molecule has 0 heterocycles. The first-order valence-corrected chi connectivity index (χ1v) is 8.06. The van der Waals surface area contributed by atoms with Crippen molar-refractivity contribution in [3.63, 3.8) is 0 Å². The molecule has 0 aromatic heterocycles. The zero-order chi connectivity index (χ0) is 15.7. The van der Waals surface area contributed by atoms with Gasteiger partial charge in [0.1, 0.15) is 5.75 Å². The lowest BCUT2D eigenvalue weighted by molar-refractivity contribution is 0.148. The summed E-state index contributed by atoms with van der Waals surface area (Å²) < 4.78 is 11.3. The van der Waals surface area contributed by atoms with Crippen LogP contribution >= 0.6 is 0 Å². The van der Waals surface area contributed by atoms with Crippen LogP contribution in [0.4, 0.5) is 0 Å². The Hall–Kier alpha value is -1.06. The second-order valence-corrected chi connectivity index (χ2v) is 6.01. The van der Waals surface area contributed by atoms with Crippen molar-refractivity contribution in [1.29, 1.82) is 0 Å². The molecule has 0 fully saturated rings. The Bertz CT molecular complexity index is 393. The second-order valence-electron chi connectivity index (χ2n) is 6.01. The molecule has 0 radical (unpaired) electrons. The first kappa shape index (κ1) is 18.0. The number of methoxy groups -OCH3 is 1. The second kappa shape index (κ2) is 9.80. The number of hydrogen-bond donors (Lipinski definition) is 1. The SMILES string of the molecule is CCCNC(CC(C)COC)c1ccccc1OC(C)C. The molecule has 3 heteroatoms. The highest BCUT2D eigenvalue weighted by molar-refractivity contribution is 5.36. The summed E-state index contributed by atoms with van der Waals surface area (Å²) in [5.74, 6) is 1.50. The third kappa shape index (κ3) is 6.49. The Kier molecular flexibility index (Phi) is 8.40. The van der Waals surface area contributed by atoms with Gasteiger partial charge in [0.05, 0.1) is 6.10 Å². The van der Waals surface area contributed by atoms with Crippen LogP contribution in [0, 0.1) is 5.92 Å². The van der Waals surface area contributed by atoms with Crippen molar-refractivity contribution in [2.75, 3.05) is 20.3 Å². The number of para-hydroxylation sites is 1. The molecule has 120 valence electrons. The van der Waals surface area contributed by atoms with E-state index in [9.17, 15) is 0 Å². The number of nitrogens with one attached hydrogen (secondary N) is 1. The third-order valence-corrected chi connectivity index (χ3v) is 3.39. The molecule has 0 saturated heterocycles. The molecule has 0 aliphatic heterocycles. The van der Waals surface area contributed by atoms with E-state index in [0.29, 0.717) is 12.0 Å². The maximum Gasteiger partial charge on any atom is 0.124 e. The van der Waals surface area contributed by atoms with E-state index in [-0.39, 0.29) is 6.10 Å². The van der Waals surface area contributed by atoms with Gasteiger partial charge in [0, 0.05) is 25.3 Å². The van der Waals surface area contributed by atoms with Crippen LogP contribution < -0.4 is 10.1 Å². The monoisotopic (exact) mass is 293 g/mol. The summed E-state index contributed by atoms with van der Waals surface area (Å²) >= 11 is 0. The number of hydrogen-bond acceptors (Lipinski definition) is 3. The molecule has 1 aromatic carbocycles. The van der Waals surface area contributed by atoms with Crippen LogP contribution in [0.1, 0.15) is 52.1 Å². The van der Waals surface area contributed by atoms with E-state index in [2.05, 4.69) is 51.2 Å². The molecule has 0 aliphatic carbocycles. The molecule has 2 unspecified atom stereocenters. The number of rotatable bonds is 10. The van der Waals surface area contributed by atoms with Crippen LogP contribution in [0.3, 0.4) is 0 Å². The lowest BCUT2D eigenvalue weighted by atomic mass is 9.95. The molecule has 1 N–H and O–H groups in total. The Morgan fingerprint density at radius 1 is 1.14 bits per heavy atom. The highest BCUT2D eigenvalue weighted by atomic mass is 16.5. The average Bonchev–Trinajstić information content (AvgIpc) is 2.44. The van der Waals surface area contributed by atoms with E-state index in [4.69, 9.17) is 9.47 Å². The molecule has 0 amide bonds. The third-order valence-electron chi connectivity index (χ3n) is 3.39. The Morgan fingerprint density at radius 3 is 2.48 bits per heavy atom. The van der Waals surface area contributed by atoms with Gasteiger partial charge in [-0.3, -0.25) is 0 Å². The molecular weight excluding hydrogens is 262 g/mol. The molecule has 0 saturated carbocycles. The lowest BCUT2D eigenvalue weighted by Crippen LogP contribution is -2.26. The van der Waals surface area contributed by atoms with Gasteiger partial charge in [-0.2, -0.15) is 0 Å². The molecule has 1 rings (SSSR count). The van der Waals surface area contributed by atoms with E-state index >= 15 is 0 Å². The van der Waals surface area contributed by atoms with Gasteiger partial charge in [0.2, 0.25) is 0 Å². The van der Waals surface area contributed by atoms with Crippen molar-refractivity contribution in [2.45, 2.75) is 52.7 Å². The van der Waals surface area contributed by atoms with Gasteiger partial charge in [0.15, 0.2) is 0 Å². The van der Waals surface area contributed by atoms with Gasteiger partial charge in [-0.1, -0.05) is 32.0 Å². The highest BCUT2D eigenvalue weighted by Crippen LogP contribution is 2.30. The fourth-order valence-electron chi connectivity index (χ4n) is 2.52. The van der Waals surface area contributed by atoms with Gasteiger partial charge in [-0.05, 0) is 45.2 Å². The summed E-state index contributed by atoms with van der Waals surface area (Å²) in [5.41, 5.74) is 1.25. The van der Waals surface area contributed by atoms with Gasteiger partial charge in [-0.15, -0.1) is 0 Å². The van der Waals surface area contributed by atoms with Gasteiger partial charge in [0.25, 0.3) is 0 Å². The summed E-state index contributed by atoms with van der Waals surface area (Å²) in [6.45, 7) is 10.4. The summed E-state index contributed by atoms with van der Waals surface area (Å²) in [6.07, 6.45) is 2.36. The molecule has 0 spiro atoms. The zero-order valence-electron chi connectivity index (χ0n) is 14.2. The molecule has 0 aliphatic rings. The van der Waals surface area contributed by atoms with Gasteiger partial charge in [-0.25, -0.2) is 0 Å². The molecular formula is C18H31NO2. The largest absolute Gasteiger partial charge is 0.491 e. The number of benzene rings is 1. The average molecular weight is 293 g/mol. The summed E-state index contributed by atoms with van der Waals surface area (Å²) in [6, 6.07) is 8.67. The Balaban J connectivity index is 2.90. The van der Waals surface area contributed by atoms with Crippen molar-refractivity contribution in [3.05, 3.63) is 29.8 Å². The van der Waals surface area contributed by atoms with Crippen LogP contribution in [0.25, 0.3) is 0 Å². The summed E-state index contributed by atoms with van der Waals surface area (Å²) in [7, 11) is 1.76. The maximum absolute atomic E-state index is 5.98. The van der Waals surface area contributed by atoms with E-state index < -0.39 is 0 Å².